The van der Waals surface area contributed by atoms with Crippen molar-refractivity contribution in [1.29, 1.82) is 0 Å². The molecule has 0 heterocycles. The van der Waals surface area contributed by atoms with E-state index in [9.17, 15) is 4.79 Å². The summed E-state index contributed by atoms with van der Waals surface area (Å²) in [4.78, 5) is 10.8. The van der Waals surface area contributed by atoms with Gasteiger partial charge in [0.1, 0.15) is 5.78 Å². The fraction of sp³-hybridized carbons (Fsp3) is 0.857. The zero-order valence-electron chi connectivity index (χ0n) is 6.72. The summed E-state index contributed by atoms with van der Waals surface area (Å²) in [6.07, 6.45) is 0. The van der Waals surface area contributed by atoms with Crippen LogP contribution in [0.3, 0.4) is 0 Å². The molecule has 0 aliphatic rings. The Morgan fingerprint density at radius 3 is 2.20 bits per heavy atom. The molecule has 0 spiro atoms. The summed E-state index contributed by atoms with van der Waals surface area (Å²) in [6.45, 7) is 5.26. The van der Waals surface area contributed by atoms with Crippen molar-refractivity contribution < 1.29 is 9.90 Å². The highest BCUT2D eigenvalue weighted by Gasteiger charge is 2.16. The smallest absolute Gasteiger partial charge is 0.147 e. The number of aliphatic hydroxyl groups excluding tert-OH is 1. The van der Waals surface area contributed by atoms with Gasteiger partial charge in [-0.25, -0.2) is 0 Å². The normalized spacial score (nSPS) is 13.7. The minimum absolute atomic E-state index is 0.0732. The van der Waals surface area contributed by atoms with Crippen molar-refractivity contribution in [2.75, 3.05) is 6.73 Å². The van der Waals surface area contributed by atoms with E-state index in [1.807, 2.05) is 13.8 Å². The van der Waals surface area contributed by atoms with Crippen molar-refractivity contribution in [3.63, 3.8) is 0 Å². The Morgan fingerprint density at radius 1 is 1.60 bits per heavy atom. The topological polar surface area (TPSA) is 49.3 Å². The van der Waals surface area contributed by atoms with Crippen LogP contribution in [0.2, 0.25) is 0 Å². The minimum Gasteiger partial charge on any atom is -0.381 e. The summed E-state index contributed by atoms with van der Waals surface area (Å²) in [5.41, 5.74) is 0. The highest BCUT2D eigenvalue weighted by molar-refractivity contribution is 5.81. The first-order valence-corrected chi connectivity index (χ1v) is 3.44. The van der Waals surface area contributed by atoms with E-state index in [4.69, 9.17) is 5.11 Å². The SMILES string of the molecule is CC(=O)[C@@H](NCO)C(C)C. The van der Waals surface area contributed by atoms with Crippen molar-refractivity contribution in [2.45, 2.75) is 26.8 Å². The van der Waals surface area contributed by atoms with Crippen LogP contribution in [0.4, 0.5) is 0 Å². The number of nitrogens with one attached hydrogen (secondary N) is 1. The van der Waals surface area contributed by atoms with Crippen LogP contribution < -0.4 is 5.32 Å². The third kappa shape index (κ3) is 2.94. The molecule has 0 aromatic carbocycles. The summed E-state index contributed by atoms with van der Waals surface area (Å²) < 4.78 is 0. The number of Topliss-reactive ketones (excluding diaryl/α,β-unsaturated/α-hetero) is 1. The molecular weight excluding hydrogens is 130 g/mol. The van der Waals surface area contributed by atoms with Gasteiger partial charge >= 0.3 is 0 Å². The van der Waals surface area contributed by atoms with Gasteiger partial charge in [0, 0.05) is 0 Å². The number of carbonyl (C=O) groups is 1. The Bertz CT molecular complexity index is 112. The Hall–Kier alpha value is -0.410. The van der Waals surface area contributed by atoms with Crippen LogP contribution in [0.25, 0.3) is 0 Å². The van der Waals surface area contributed by atoms with Crippen LogP contribution in [0.5, 0.6) is 0 Å². The monoisotopic (exact) mass is 145 g/mol. The van der Waals surface area contributed by atoms with Gasteiger partial charge in [0.2, 0.25) is 0 Å². The molecule has 0 amide bonds. The highest BCUT2D eigenvalue weighted by atomic mass is 16.3. The molecule has 0 saturated carbocycles. The fourth-order valence-electron chi connectivity index (χ4n) is 0.947. The summed E-state index contributed by atoms with van der Waals surface area (Å²) in [5, 5.41) is 11.2. The molecule has 0 aromatic heterocycles. The second-order valence-electron chi connectivity index (χ2n) is 2.69. The molecule has 0 radical (unpaired) electrons. The molecule has 0 rings (SSSR count). The van der Waals surface area contributed by atoms with Crippen LogP contribution in [-0.4, -0.2) is 23.7 Å². The lowest BCUT2D eigenvalue weighted by Crippen LogP contribution is -2.40. The van der Waals surface area contributed by atoms with Gasteiger partial charge in [-0.2, -0.15) is 0 Å². The van der Waals surface area contributed by atoms with Crippen LogP contribution in [0.1, 0.15) is 20.8 Å². The summed E-state index contributed by atoms with van der Waals surface area (Å²) in [6, 6.07) is -0.204. The molecule has 0 unspecified atom stereocenters. The molecule has 3 heteroatoms. The van der Waals surface area contributed by atoms with E-state index in [0.29, 0.717) is 0 Å². The van der Waals surface area contributed by atoms with Gasteiger partial charge < -0.3 is 5.11 Å². The average Bonchev–Trinajstić information content (AvgIpc) is 1.81. The third-order valence-electron chi connectivity index (χ3n) is 1.42. The van der Waals surface area contributed by atoms with Gasteiger partial charge in [-0.3, -0.25) is 10.1 Å². The van der Waals surface area contributed by atoms with Gasteiger partial charge in [0.25, 0.3) is 0 Å². The van der Waals surface area contributed by atoms with Crippen molar-refractivity contribution >= 4 is 5.78 Å². The van der Waals surface area contributed by atoms with E-state index < -0.39 is 0 Å². The first-order valence-electron chi connectivity index (χ1n) is 3.44. The number of rotatable bonds is 4. The lowest BCUT2D eigenvalue weighted by Gasteiger charge is -2.17. The van der Waals surface area contributed by atoms with Crippen LogP contribution in [0.15, 0.2) is 0 Å². The van der Waals surface area contributed by atoms with Crippen LogP contribution >= 0.6 is 0 Å². The molecule has 0 fully saturated rings. The summed E-state index contributed by atoms with van der Waals surface area (Å²) in [7, 11) is 0. The lowest BCUT2D eigenvalue weighted by atomic mass is 10.0. The second kappa shape index (κ2) is 4.41. The predicted molar refractivity (Wildman–Crippen MR) is 39.5 cm³/mol. The maximum absolute atomic E-state index is 10.8. The van der Waals surface area contributed by atoms with Gasteiger partial charge in [-0.15, -0.1) is 0 Å². The van der Waals surface area contributed by atoms with E-state index in [0.717, 1.165) is 0 Å². The van der Waals surface area contributed by atoms with Gasteiger partial charge in [0.05, 0.1) is 12.8 Å². The molecule has 0 saturated heterocycles. The number of carbonyl (C=O) groups excluding carboxylic acids is 1. The Morgan fingerprint density at radius 2 is 2.10 bits per heavy atom. The molecular formula is C7H15NO2. The third-order valence-corrected chi connectivity index (χ3v) is 1.42. The Balaban J connectivity index is 3.85. The molecule has 1 atom stereocenters. The number of hydrogen-bond acceptors (Lipinski definition) is 3. The largest absolute Gasteiger partial charge is 0.381 e. The Kier molecular flexibility index (Phi) is 4.23. The van der Waals surface area contributed by atoms with E-state index in [-0.39, 0.29) is 24.5 Å². The number of aliphatic hydroxyl groups is 1. The molecule has 0 aliphatic carbocycles. The van der Waals surface area contributed by atoms with E-state index >= 15 is 0 Å². The maximum Gasteiger partial charge on any atom is 0.147 e. The van der Waals surface area contributed by atoms with Crippen molar-refractivity contribution in [3.8, 4) is 0 Å². The fourth-order valence-corrected chi connectivity index (χ4v) is 0.947. The van der Waals surface area contributed by atoms with Gasteiger partial charge in [-0.05, 0) is 12.8 Å². The van der Waals surface area contributed by atoms with Gasteiger partial charge in [-0.1, -0.05) is 13.8 Å². The number of hydrogen-bond donors (Lipinski definition) is 2. The van der Waals surface area contributed by atoms with Crippen LogP contribution in [-0.2, 0) is 4.79 Å². The average molecular weight is 145 g/mol. The predicted octanol–water partition coefficient (Wildman–Crippen LogP) is 0.139. The van der Waals surface area contributed by atoms with E-state index in [1.165, 1.54) is 6.92 Å². The summed E-state index contributed by atoms with van der Waals surface area (Å²) >= 11 is 0. The second-order valence-corrected chi connectivity index (χ2v) is 2.69. The van der Waals surface area contributed by atoms with Crippen LogP contribution in [0, 0.1) is 5.92 Å². The van der Waals surface area contributed by atoms with Crippen molar-refractivity contribution in [3.05, 3.63) is 0 Å². The van der Waals surface area contributed by atoms with E-state index in [2.05, 4.69) is 5.32 Å². The Labute approximate surface area is 61.4 Å². The first kappa shape index (κ1) is 9.59. The van der Waals surface area contributed by atoms with Crippen molar-refractivity contribution in [1.82, 2.24) is 5.32 Å². The quantitative estimate of drug-likeness (QED) is 0.553. The van der Waals surface area contributed by atoms with Gasteiger partial charge in [0.15, 0.2) is 0 Å². The zero-order valence-corrected chi connectivity index (χ0v) is 6.72. The molecule has 60 valence electrons. The standard InChI is InChI=1S/C7H15NO2/c1-5(2)7(6(3)10)8-4-9/h5,7-9H,4H2,1-3H3/t7-/m0/s1. The number of ketones is 1. The minimum atomic E-state index is -0.204. The highest BCUT2D eigenvalue weighted by Crippen LogP contribution is 2.01. The van der Waals surface area contributed by atoms with E-state index in [1.54, 1.807) is 0 Å². The van der Waals surface area contributed by atoms with Crippen molar-refractivity contribution in [2.24, 2.45) is 5.92 Å². The molecule has 10 heavy (non-hydrogen) atoms. The molecule has 0 aromatic rings. The zero-order chi connectivity index (χ0) is 8.15. The maximum atomic E-state index is 10.8. The molecule has 3 nitrogen and oxygen atoms in total. The molecule has 2 N–H and O–H groups in total. The summed E-state index contributed by atoms with van der Waals surface area (Å²) in [5.74, 6) is 0.314. The molecule has 0 aliphatic heterocycles. The lowest BCUT2D eigenvalue weighted by molar-refractivity contribution is -0.120. The molecule has 0 bridgehead atoms. The first-order chi connectivity index (χ1) is 4.59.